The first-order valence-electron chi connectivity index (χ1n) is 6.34. The largest absolute Gasteiger partial charge is 0.469 e. The Kier molecular flexibility index (Phi) is 4.59. The Morgan fingerprint density at radius 3 is 2.28 bits per heavy atom. The van der Waals surface area contributed by atoms with Gasteiger partial charge in [0.05, 0.1) is 7.11 Å². The summed E-state index contributed by atoms with van der Waals surface area (Å²) in [4.78, 5) is 22.9. The number of hydrogen-bond acceptors (Lipinski definition) is 4. The van der Waals surface area contributed by atoms with Gasteiger partial charge in [0, 0.05) is 12.0 Å². The van der Waals surface area contributed by atoms with Gasteiger partial charge in [-0.1, -0.05) is 0 Å². The second kappa shape index (κ2) is 5.59. The maximum absolute atomic E-state index is 11.7. The number of methoxy groups -OCH3 is 1. The van der Waals surface area contributed by atoms with Gasteiger partial charge in [-0.3, -0.25) is 4.79 Å². The Labute approximate surface area is 108 Å². The fourth-order valence-electron chi connectivity index (χ4n) is 2.00. The van der Waals surface area contributed by atoms with Gasteiger partial charge in [0.25, 0.3) is 0 Å². The van der Waals surface area contributed by atoms with Crippen molar-refractivity contribution in [2.45, 2.75) is 64.0 Å². The zero-order valence-electron chi connectivity index (χ0n) is 11.7. The fraction of sp³-hybridized carbons (Fsp3) is 0.846. The zero-order valence-corrected chi connectivity index (χ0v) is 11.7. The molecule has 0 bridgehead atoms. The lowest BCUT2D eigenvalue weighted by molar-refractivity contribution is -0.141. The second-order valence-corrected chi connectivity index (χ2v) is 5.84. The van der Waals surface area contributed by atoms with Crippen LogP contribution in [0.25, 0.3) is 0 Å². The molecule has 1 aliphatic carbocycles. The van der Waals surface area contributed by atoms with Crippen LogP contribution < -0.4 is 5.32 Å². The molecule has 1 aliphatic rings. The third-order valence-electron chi connectivity index (χ3n) is 3.11. The van der Waals surface area contributed by atoms with E-state index in [1.165, 1.54) is 7.11 Å². The van der Waals surface area contributed by atoms with E-state index in [-0.39, 0.29) is 11.5 Å². The van der Waals surface area contributed by atoms with Gasteiger partial charge in [-0.15, -0.1) is 0 Å². The third kappa shape index (κ3) is 4.55. The highest BCUT2D eigenvalue weighted by Gasteiger charge is 2.39. The van der Waals surface area contributed by atoms with Gasteiger partial charge in [0.2, 0.25) is 0 Å². The predicted octanol–water partition coefficient (Wildman–Crippen LogP) is 2.39. The topological polar surface area (TPSA) is 64.6 Å². The molecule has 1 rings (SSSR count). The third-order valence-corrected chi connectivity index (χ3v) is 3.11. The monoisotopic (exact) mass is 257 g/mol. The van der Waals surface area contributed by atoms with Crippen LogP contribution in [0.15, 0.2) is 0 Å². The van der Waals surface area contributed by atoms with Crippen LogP contribution in [-0.2, 0) is 14.3 Å². The minimum atomic E-state index is -0.503. The Balaban J connectivity index is 2.45. The maximum Gasteiger partial charge on any atom is 0.408 e. The van der Waals surface area contributed by atoms with Gasteiger partial charge in [-0.2, -0.15) is 0 Å². The number of amides is 1. The molecule has 0 aliphatic heterocycles. The van der Waals surface area contributed by atoms with Crippen LogP contribution in [0, 0.1) is 0 Å². The molecule has 1 saturated carbocycles. The lowest BCUT2D eigenvalue weighted by Crippen LogP contribution is -2.54. The molecular formula is C13H23NO4. The first kappa shape index (κ1) is 14.8. The summed E-state index contributed by atoms with van der Waals surface area (Å²) >= 11 is 0. The number of ether oxygens (including phenoxy) is 2. The fourth-order valence-corrected chi connectivity index (χ4v) is 2.00. The van der Waals surface area contributed by atoms with Crippen molar-refractivity contribution in [3.8, 4) is 0 Å². The molecule has 0 aromatic heterocycles. The Morgan fingerprint density at radius 1 is 1.28 bits per heavy atom. The molecule has 5 heteroatoms. The summed E-state index contributed by atoms with van der Waals surface area (Å²) in [5.74, 6) is -0.243. The van der Waals surface area contributed by atoms with Crippen LogP contribution in [0.4, 0.5) is 4.79 Å². The molecule has 1 N–H and O–H groups in total. The minimum absolute atomic E-state index is 0.243. The maximum atomic E-state index is 11.7. The highest BCUT2D eigenvalue weighted by Crippen LogP contribution is 2.36. The summed E-state index contributed by atoms with van der Waals surface area (Å²) in [5.41, 5.74) is -0.784. The van der Waals surface area contributed by atoms with E-state index in [9.17, 15) is 9.59 Å². The average Bonchev–Trinajstić information content (AvgIpc) is 2.18. The summed E-state index contributed by atoms with van der Waals surface area (Å²) in [6.45, 7) is 5.48. The molecule has 0 aromatic carbocycles. The Bertz CT molecular complexity index is 315. The summed E-state index contributed by atoms with van der Waals surface area (Å²) in [5, 5.41) is 2.90. The molecule has 0 atom stereocenters. The van der Waals surface area contributed by atoms with Crippen molar-refractivity contribution in [2.75, 3.05) is 7.11 Å². The number of nitrogens with one attached hydrogen (secondary N) is 1. The van der Waals surface area contributed by atoms with E-state index < -0.39 is 11.7 Å². The smallest absolute Gasteiger partial charge is 0.408 e. The standard InChI is InChI=1S/C13H23NO4/c1-12(2,3)18-11(16)14-13(7-5-8-13)9-6-10(15)17-4/h5-9H2,1-4H3,(H,14,16). The van der Waals surface area contributed by atoms with Gasteiger partial charge >= 0.3 is 12.1 Å². The molecule has 5 nitrogen and oxygen atoms in total. The molecule has 0 radical (unpaired) electrons. The molecule has 0 heterocycles. The number of rotatable bonds is 4. The average molecular weight is 257 g/mol. The van der Waals surface area contributed by atoms with E-state index in [2.05, 4.69) is 10.1 Å². The lowest BCUT2D eigenvalue weighted by atomic mass is 9.74. The van der Waals surface area contributed by atoms with Crippen LogP contribution >= 0.6 is 0 Å². The van der Waals surface area contributed by atoms with Crippen LogP contribution in [0.5, 0.6) is 0 Å². The van der Waals surface area contributed by atoms with Crippen molar-refractivity contribution in [2.24, 2.45) is 0 Å². The van der Waals surface area contributed by atoms with Crippen molar-refractivity contribution in [3.05, 3.63) is 0 Å². The molecular weight excluding hydrogens is 234 g/mol. The van der Waals surface area contributed by atoms with Crippen molar-refractivity contribution >= 4 is 12.1 Å². The van der Waals surface area contributed by atoms with E-state index in [1.54, 1.807) is 0 Å². The first-order valence-corrected chi connectivity index (χ1v) is 6.34. The summed E-state index contributed by atoms with van der Waals surface area (Å²) < 4.78 is 9.85. The predicted molar refractivity (Wildman–Crippen MR) is 67.2 cm³/mol. The first-order chi connectivity index (χ1) is 8.26. The zero-order chi connectivity index (χ0) is 13.8. The normalized spacial score (nSPS) is 17.6. The van der Waals surface area contributed by atoms with E-state index in [4.69, 9.17) is 4.74 Å². The van der Waals surface area contributed by atoms with Crippen LogP contribution in [0.1, 0.15) is 52.9 Å². The molecule has 0 saturated heterocycles. The van der Waals surface area contributed by atoms with Crippen molar-refractivity contribution in [1.82, 2.24) is 5.32 Å². The van der Waals surface area contributed by atoms with Crippen molar-refractivity contribution < 1.29 is 19.1 Å². The summed E-state index contributed by atoms with van der Waals surface area (Å²) in [6, 6.07) is 0. The Hall–Kier alpha value is -1.26. The van der Waals surface area contributed by atoms with Gasteiger partial charge in [-0.05, 0) is 46.5 Å². The lowest BCUT2D eigenvalue weighted by Gasteiger charge is -2.42. The van der Waals surface area contributed by atoms with Crippen LogP contribution in [-0.4, -0.2) is 30.3 Å². The van der Waals surface area contributed by atoms with E-state index in [1.807, 2.05) is 20.8 Å². The van der Waals surface area contributed by atoms with E-state index in [0.29, 0.717) is 12.8 Å². The number of carbonyl (C=O) groups is 2. The Morgan fingerprint density at radius 2 is 1.89 bits per heavy atom. The SMILES string of the molecule is COC(=O)CCC1(NC(=O)OC(C)(C)C)CCC1. The van der Waals surface area contributed by atoms with Gasteiger partial charge in [-0.25, -0.2) is 4.79 Å². The number of hydrogen-bond donors (Lipinski definition) is 1. The van der Waals surface area contributed by atoms with Crippen LogP contribution in [0.3, 0.4) is 0 Å². The number of carbonyl (C=O) groups excluding carboxylic acids is 2. The highest BCUT2D eigenvalue weighted by atomic mass is 16.6. The molecule has 0 aromatic rings. The van der Waals surface area contributed by atoms with Crippen molar-refractivity contribution in [1.29, 1.82) is 0 Å². The number of esters is 1. The van der Waals surface area contributed by atoms with Crippen LogP contribution in [0.2, 0.25) is 0 Å². The van der Waals surface area contributed by atoms with E-state index in [0.717, 1.165) is 19.3 Å². The quantitative estimate of drug-likeness (QED) is 0.785. The van der Waals surface area contributed by atoms with Gasteiger partial charge < -0.3 is 14.8 Å². The van der Waals surface area contributed by atoms with E-state index >= 15 is 0 Å². The van der Waals surface area contributed by atoms with Crippen molar-refractivity contribution in [3.63, 3.8) is 0 Å². The van der Waals surface area contributed by atoms with Gasteiger partial charge in [0.15, 0.2) is 0 Å². The minimum Gasteiger partial charge on any atom is -0.469 e. The summed E-state index contributed by atoms with van der Waals surface area (Å²) in [6.07, 6.45) is 3.38. The molecule has 1 amide bonds. The molecule has 0 spiro atoms. The number of alkyl carbamates (subject to hydrolysis) is 1. The van der Waals surface area contributed by atoms with Gasteiger partial charge in [0.1, 0.15) is 5.60 Å². The molecule has 104 valence electrons. The molecule has 1 fully saturated rings. The summed E-state index contributed by atoms with van der Waals surface area (Å²) in [7, 11) is 1.37. The molecule has 18 heavy (non-hydrogen) atoms. The molecule has 0 unspecified atom stereocenters. The highest BCUT2D eigenvalue weighted by molar-refractivity contribution is 5.71. The second-order valence-electron chi connectivity index (χ2n) is 5.84.